The highest BCUT2D eigenvalue weighted by molar-refractivity contribution is 8.02. The van der Waals surface area contributed by atoms with Gasteiger partial charge in [-0.25, -0.2) is 0 Å². The number of hydrogen-bond donors (Lipinski definition) is 2. The maximum Gasteiger partial charge on any atom is 0.187 e. The summed E-state index contributed by atoms with van der Waals surface area (Å²) in [6, 6.07) is 0. The summed E-state index contributed by atoms with van der Waals surface area (Å²) in [7, 11) is 0. The van der Waals surface area contributed by atoms with E-state index in [9.17, 15) is 0 Å². The van der Waals surface area contributed by atoms with Crippen LogP contribution in [0, 0.1) is 0 Å². The lowest BCUT2D eigenvalue weighted by Crippen LogP contribution is -1.77. The molecule has 0 aliphatic carbocycles. The molecule has 0 atom stereocenters. The van der Waals surface area contributed by atoms with Gasteiger partial charge in [-0.3, -0.25) is 0 Å². The molecule has 0 rings (SSSR count). The smallest absolute Gasteiger partial charge is 0.187 e. The van der Waals surface area contributed by atoms with Gasteiger partial charge in [-0.2, -0.15) is 0 Å². The zero-order valence-electron chi connectivity index (χ0n) is 4.30. The van der Waals surface area contributed by atoms with Crippen LogP contribution in [0.4, 0.5) is 0 Å². The molecular weight excluding hydrogens is 112 g/mol. The molecule has 2 N–H and O–H groups in total. The van der Waals surface area contributed by atoms with Crippen molar-refractivity contribution in [3.05, 3.63) is 10.9 Å². The lowest BCUT2D eigenvalue weighted by molar-refractivity contribution is 0.354. The fraction of sp³-hybridized carbons (Fsp3) is 0.500. The van der Waals surface area contributed by atoms with Gasteiger partial charge < -0.3 is 10.2 Å². The van der Waals surface area contributed by atoms with E-state index in [0.29, 0.717) is 0 Å². The third-order valence-electron chi connectivity index (χ3n) is 0.503. The number of hydrogen-bond acceptors (Lipinski definition) is 3. The molecule has 0 radical (unpaired) electrons. The Morgan fingerprint density at radius 3 is 1.86 bits per heavy atom. The van der Waals surface area contributed by atoms with Gasteiger partial charge in [-0.1, -0.05) is 11.8 Å². The summed E-state index contributed by atoms with van der Waals surface area (Å²) in [5.41, 5.74) is 0. The molecule has 0 fully saturated rings. The summed E-state index contributed by atoms with van der Waals surface area (Å²) in [6.45, 7) is 1.44. The molecule has 42 valence electrons. The molecule has 3 heteroatoms. The van der Waals surface area contributed by atoms with Gasteiger partial charge in [-0.05, 0) is 13.2 Å². The molecule has 0 aromatic rings. The predicted molar refractivity (Wildman–Crippen MR) is 31.5 cm³/mol. The first-order chi connectivity index (χ1) is 3.18. The standard InChI is InChI=1S/C4H8O2S/c1-3(5)4(6)7-2/h5-6H,1-2H3. The summed E-state index contributed by atoms with van der Waals surface area (Å²) < 4.78 is 0. The monoisotopic (exact) mass is 120 g/mol. The number of thioether (sulfide) groups is 1. The fourth-order valence-electron chi connectivity index (χ4n) is 0.148. The first-order valence-electron chi connectivity index (χ1n) is 1.81. The number of aliphatic hydroxyl groups excluding tert-OH is 2. The molecule has 0 aromatic carbocycles. The van der Waals surface area contributed by atoms with Gasteiger partial charge in [0.25, 0.3) is 0 Å². The van der Waals surface area contributed by atoms with Crippen molar-refractivity contribution >= 4 is 11.8 Å². The molecule has 0 aliphatic heterocycles. The van der Waals surface area contributed by atoms with Crippen LogP contribution in [-0.2, 0) is 0 Å². The van der Waals surface area contributed by atoms with Crippen LogP contribution in [0.1, 0.15) is 6.92 Å². The van der Waals surface area contributed by atoms with Crippen molar-refractivity contribution in [3.8, 4) is 0 Å². The van der Waals surface area contributed by atoms with Crippen molar-refractivity contribution in [3.63, 3.8) is 0 Å². The molecule has 0 spiro atoms. The van der Waals surface area contributed by atoms with E-state index < -0.39 is 0 Å². The van der Waals surface area contributed by atoms with Crippen LogP contribution >= 0.6 is 11.8 Å². The van der Waals surface area contributed by atoms with Crippen molar-refractivity contribution in [2.75, 3.05) is 6.26 Å². The second-order valence-electron chi connectivity index (χ2n) is 1.09. The first-order valence-corrected chi connectivity index (χ1v) is 3.03. The second-order valence-corrected chi connectivity index (χ2v) is 1.89. The molecule has 0 heterocycles. The minimum atomic E-state index is -0.0208. The Morgan fingerprint density at radius 1 is 1.43 bits per heavy atom. The predicted octanol–water partition coefficient (Wildman–Crippen LogP) is 1.65. The molecule has 0 saturated carbocycles. The molecular formula is C4H8O2S. The SMILES string of the molecule is CSC(O)=C(C)O. The molecule has 0 amide bonds. The highest BCUT2D eigenvalue weighted by Gasteiger charge is 1.90. The van der Waals surface area contributed by atoms with Gasteiger partial charge in [0.15, 0.2) is 5.09 Å². The second kappa shape index (κ2) is 2.80. The van der Waals surface area contributed by atoms with Gasteiger partial charge in [0.1, 0.15) is 5.76 Å². The van der Waals surface area contributed by atoms with Crippen molar-refractivity contribution in [1.82, 2.24) is 0 Å². The largest absolute Gasteiger partial charge is 0.508 e. The lowest BCUT2D eigenvalue weighted by atomic mass is 10.6. The quantitative estimate of drug-likeness (QED) is 0.517. The van der Waals surface area contributed by atoms with Gasteiger partial charge in [0.05, 0.1) is 0 Å². The van der Waals surface area contributed by atoms with E-state index in [4.69, 9.17) is 10.2 Å². The summed E-state index contributed by atoms with van der Waals surface area (Å²) in [4.78, 5) is 0. The zero-order valence-corrected chi connectivity index (χ0v) is 5.12. The van der Waals surface area contributed by atoms with E-state index in [1.165, 1.54) is 6.92 Å². The van der Waals surface area contributed by atoms with E-state index in [0.717, 1.165) is 11.8 Å². The van der Waals surface area contributed by atoms with E-state index >= 15 is 0 Å². The summed E-state index contributed by atoms with van der Waals surface area (Å²) in [6.07, 6.45) is 1.69. The zero-order chi connectivity index (χ0) is 5.86. The number of aliphatic hydroxyl groups is 2. The highest BCUT2D eigenvalue weighted by atomic mass is 32.2. The molecule has 0 aromatic heterocycles. The minimum Gasteiger partial charge on any atom is -0.508 e. The van der Waals surface area contributed by atoms with Crippen molar-refractivity contribution in [1.29, 1.82) is 0 Å². The number of allylic oxidation sites excluding steroid dienone is 1. The van der Waals surface area contributed by atoms with Crippen molar-refractivity contribution in [2.24, 2.45) is 0 Å². The maximum absolute atomic E-state index is 8.53. The molecule has 2 nitrogen and oxygen atoms in total. The van der Waals surface area contributed by atoms with Crippen LogP contribution in [0.25, 0.3) is 0 Å². The average molecular weight is 120 g/mol. The lowest BCUT2D eigenvalue weighted by Gasteiger charge is -1.91. The van der Waals surface area contributed by atoms with Gasteiger partial charge in [0, 0.05) is 0 Å². The first kappa shape index (κ1) is 6.69. The molecule has 0 saturated heterocycles. The summed E-state index contributed by atoms with van der Waals surface area (Å²) in [5.74, 6) is -0.0208. The van der Waals surface area contributed by atoms with Gasteiger partial charge >= 0.3 is 0 Å². The van der Waals surface area contributed by atoms with Crippen LogP contribution in [0.15, 0.2) is 10.9 Å². The molecule has 0 bridgehead atoms. The van der Waals surface area contributed by atoms with Crippen LogP contribution < -0.4 is 0 Å². The van der Waals surface area contributed by atoms with Crippen molar-refractivity contribution < 1.29 is 10.2 Å². The van der Waals surface area contributed by atoms with Crippen molar-refractivity contribution in [2.45, 2.75) is 6.92 Å². The summed E-state index contributed by atoms with van der Waals surface area (Å²) in [5, 5.41) is 16.9. The van der Waals surface area contributed by atoms with E-state index in [2.05, 4.69) is 0 Å². The van der Waals surface area contributed by atoms with E-state index in [1.807, 2.05) is 0 Å². The normalized spacial score (nSPS) is 13.4. The van der Waals surface area contributed by atoms with Gasteiger partial charge in [-0.15, -0.1) is 0 Å². The Hall–Kier alpha value is -0.310. The Labute approximate surface area is 46.9 Å². The van der Waals surface area contributed by atoms with Gasteiger partial charge in [0.2, 0.25) is 0 Å². The van der Waals surface area contributed by atoms with Crippen LogP contribution in [0.2, 0.25) is 0 Å². The topological polar surface area (TPSA) is 40.5 Å². The van der Waals surface area contributed by atoms with Crippen LogP contribution in [0.5, 0.6) is 0 Å². The molecule has 7 heavy (non-hydrogen) atoms. The Bertz CT molecular complexity index is 83.7. The Balaban J connectivity index is 3.72. The number of rotatable bonds is 1. The minimum absolute atomic E-state index is 0.0139. The van der Waals surface area contributed by atoms with Crippen LogP contribution in [-0.4, -0.2) is 16.5 Å². The Kier molecular flexibility index (Phi) is 2.67. The summed E-state index contributed by atoms with van der Waals surface area (Å²) >= 11 is 1.12. The van der Waals surface area contributed by atoms with E-state index in [1.54, 1.807) is 6.26 Å². The molecule has 0 unspecified atom stereocenters. The Morgan fingerprint density at radius 2 is 1.86 bits per heavy atom. The van der Waals surface area contributed by atoms with E-state index in [-0.39, 0.29) is 10.9 Å². The average Bonchev–Trinajstić information content (AvgIpc) is 1.65. The maximum atomic E-state index is 8.53. The third-order valence-corrected chi connectivity index (χ3v) is 1.18. The van der Waals surface area contributed by atoms with Crippen LogP contribution in [0.3, 0.4) is 0 Å². The highest BCUT2D eigenvalue weighted by Crippen LogP contribution is 2.09. The third kappa shape index (κ3) is 2.39. The molecule has 0 aliphatic rings. The fourth-order valence-corrected chi connectivity index (χ4v) is 0.443.